The molecule has 0 aliphatic heterocycles. The maximum Gasteiger partial charge on any atom is 0.251 e. The van der Waals surface area contributed by atoms with E-state index in [0.717, 1.165) is 18.2 Å². The number of ketones is 1. The third-order valence-corrected chi connectivity index (χ3v) is 3.77. The smallest absolute Gasteiger partial charge is 0.251 e. The molecule has 0 aliphatic rings. The molecule has 2 aromatic rings. The maximum absolute atomic E-state index is 13.2. The van der Waals surface area contributed by atoms with E-state index in [-0.39, 0.29) is 16.9 Å². The summed E-state index contributed by atoms with van der Waals surface area (Å²) in [6.07, 6.45) is 1.59. The molecule has 2 rings (SSSR count). The van der Waals surface area contributed by atoms with Gasteiger partial charge in [-0.3, -0.25) is 9.59 Å². The van der Waals surface area contributed by atoms with Crippen LogP contribution in [-0.4, -0.2) is 15.8 Å². The van der Waals surface area contributed by atoms with E-state index in [1.54, 1.807) is 0 Å². The Hall–Kier alpha value is -1.95. The Morgan fingerprint density at radius 3 is 2.81 bits per heavy atom. The molecule has 0 bridgehead atoms. The number of hydrogen-bond acceptors (Lipinski definition) is 4. The molecule has 1 heterocycles. The van der Waals surface area contributed by atoms with Crippen LogP contribution in [0.15, 0.2) is 39.1 Å². The molecule has 0 radical (unpaired) electrons. The Morgan fingerprint density at radius 1 is 1.38 bits per heavy atom. The Balaban J connectivity index is 2.38. The fourth-order valence-corrected chi connectivity index (χ4v) is 2.86. The van der Waals surface area contributed by atoms with E-state index in [1.807, 2.05) is 6.92 Å². The van der Waals surface area contributed by atoms with Crippen molar-refractivity contribution in [3.63, 3.8) is 0 Å². The molecule has 1 aromatic carbocycles. The fourth-order valence-electron chi connectivity index (χ4n) is 1.89. The lowest BCUT2D eigenvalue weighted by Gasteiger charge is -2.07. The van der Waals surface area contributed by atoms with Crippen molar-refractivity contribution in [3.8, 4) is 0 Å². The summed E-state index contributed by atoms with van der Waals surface area (Å²) in [6.45, 7) is 3.38. The second-order valence-corrected chi connectivity index (χ2v) is 5.62. The van der Waals surface area contributed by atoms with Crippen molar-refractivity contribution in [2.45, 2.75) is 36.7 Å². The molecule has 4 nitrogen and oxygen atoms in total. The van der Waals surface area contributed by atoms with E-state index in [9.17, 15) is 14.0 Å². The first-order valence-corrected chi connectivity index (χ1v) is 7.40. The lowest BCUT2D eigenvalue weighted by Crippen LogP contribution is -2.10. The highest BCUT2D eigenvalue weighted by Gasteiger charge is 2.12. The van der Waals surface area contributed by atoms with Crippen molar-refractivity contribution in [1.29, 1.82) is 0 Å². The average Bonchev–Trinajstić information content (AvgIpc) is 2.40. The summed E-state index contributed by atoms with van der Waals surface area (Å²) in [5.41, 5.74) is 0.751. The molecule has 0 aliphatic carbocycles. The van der Waals surface area contributed by atoms with Crippen molar-refractivity contribution in [2.24, 2.45) is 0 Å². The summed E-state index contributed by atoms with van der Waals surface area (Å²) < 4.78 is 13.2. The van der Waals surface area contributed by atoms with Gasteiger partial charge >= 0.3 is 0 Å². The number of halogens is 1. The van der Waals surface area contributed by atoms with Gasteiger partial charge in [0.15, 0.2) is 10.9 Å². The summed E-state index contributed by atoms with van der Waals surface area (Å²) in [7, 11) is 0. The summed E-state index contributed by atoms with van der Waals surface area (Å²) in [5.74, 6) is -0.699. The van der Waals surface area contributed by atoms with E-state index in [2.05, 4.69) is 9.97 Å². The van der Waals surface area contributed by atoms with E-state index in [0.29, 0.717) is 22.2 Å². The topological polar surface area (TPSA) is 62.8 Å². The Bertz CT molecular complexity index is 728. The van der Waals surface area contributed by atoms with Gasteiger partial charge in [0.05, 0.1) is 0 Å². The molecule has 1 aromatic heterocycles. The second kappa shape index (κ2) is 6.67. The zero-order chi connectivity index (χ0) is 15.4. The molecule has 0 unspecified atom stereocenters. The Labute approximate surface area is 125 Å². The highest BCUT2D eigenvalue weighted by Crippen LogP contribution is 2.28. The molecular formula is C15H15FN2O2S. The predicted molar refractivity (Wildman–Crippen MR) is 79.4 cm³/mol. The number of rotatable bonds is 5. The van der Waals surface area contributed by atoms with Crippen LogP contribution in [0.4, 0.5) is 4.39 Å². The first-order chi connectivity index (χ1) is 9.99. The van der Waals surface area contributed by atoms with Crippen molar-refractivity contribution in [3.05, 3.63) is 51.7 Å². The minimum absolute atomic E-state index is 0.232. The molecule has 0 fully saturated rings. The van der Waals surface area contributed by atoms with Crippen molar-refractivity contribution in [2.75, 3.05) is 0 Å². The van der Waals surface area contributed by atoms with Crippen molar-refractivity contribution >= 4 is 17.5 Å². The molecule has 21 heavy (non-hydrogen) atoms. The quantitative estimate of drug-likeness (QED) is 0.680. The van der Waals surface area contributed by atoms with Crippen molar-refractivity contribution < 1.29 is 9.18 Å². The van der Waals surface area contributed by atoms with Gasteiger partial charge < -0.3 is 4.98 Å². The third kappa shape index (κ3) is 4.01. The molecule has 0 saturated heterocycles. The third-order valence-electron chi connectivity index (χ3n) is 2.81. The molecule has 0 amide bonds. The minimum atomic E-state index is -0.467. The number of carbonyl (C=O) groups excluding carboxylic acids is 1. The van der Waals surface area contributed by atoms with Gasteiger partial charge in [0.2, 0.25) is 0 Å². The highest BCUT2D eigenvalue weighted by atomic mass is 32.2. The fraction of sp³-hybridized carbons (Fsp3) is 0.267. The first-order valence-electron chi connectivity index (χ1n) is 6.58. The lowest BCUT2D eigenvalue weighted by atomic mass is 10.1. The number of aromatic amines is 1. The van der Waals surface area contributed by atoms with Gasteiger partial charge in [0.25, 0.3) is 5.56 Å². The van der Waals surface area contributed by atoms with Crippen LogP contribution in [0.1, 0.15) is 36.3 Å². The van der Waals surface area contributed by atoms with Crippen molar-refractivity contribution in [1.82, 2.24) is 9.97 Å². The van der Waals surface area contributed by atoms with Crippen LogP contribution in [0.5, 0.6) is 0 Å². The standard InChI is InChI=1S/C15H15FN2O2S/c1-3-4-11-8-14(20)18-15(17-11)21-13-6-5-10(16)7-12(13)9(2)19/h5-8H,3-4H2,1-2H3,(H,17,18,20). The number of aromatic nitrogens is 2. The monoisotopic (exact) mass is 306 g/mol. The number of Topliss-reactive ketones (excluding diaryl/α,β-unsaturated/α-hetero) is 1. The number of hydrogen-bond donors (Lipinski definition) is 1. The van der Waals surface area contributed by atoms with Crippen LogP contribution in [0.25, 0.3) is 0 Å². The van der Waals surface area contributed by atoms with Crippen LogP contribution in [0, 0.1) is 5.82 Å². The zero-order valence-corrected chi connectivity index (χ0v) is 12.6. The summed E-state index contributed by atoms with van der Waals surface area (Å²) in [6, 6.07) is 5.45. The zero-order valence-electron chi connectivity index (χ0n) is 11.8. The minimum Gasteiger partial charge on any atom is -0.301 e. The van der Waals surface area contributed by atoms with Gasteiger partial charge in [0.1, 0.15) is 5.82 Å². The summed E-state index contributed by atoms with van der Waals surface area (Å²) >= 11 is 1.15. The van der Waals surface area contributed by atoms with Gasteiger partial charge in [0, 0.05) is 22.2 Å². The Morgan fingerprint density at radius 2 is 2.14 bits per heavy atom. The highest BCUT2D eigenvalue weighted by molar-refractivity contribution is 7.99. The van der Waals surface area contributed by atoms with Crippen LogP contribution in [0.3, 0.4) is 0 Å². The molecule has 0 atom stereocenters. The van der Waals surface area contributed by atoms with E-state index in [4.69, 9.17) is 0 Å². The first kappa shape index (κ1) is 15.4. The van der Waals surface area contributed by atoms with Crippen LogP contribution in [-0.2, 0) is 6.42 Å². The number of benzene rings is 1. The van der Waals surface area contributed by atoms with Gasteiger partial charge in [-0.15, -0.1) is 0 Å². The van der Waals surface area contributed by atoms with E-state index < -0.39 is 5.82 Å². The second-order valence-electron chi connectivity index (χ2n) is 4.59. The van der Waals surface area contributed by atoms with Crippen LogP contribution < -0.4 is 5.56 Å². The van der Waals surface area contributed by atoms with E-state index in [1.165, 1.54) is 31.2 Å². The van der Waals surface area contributed by atoms with Gasteiger partial charge in [-0.2, -0.15) is 0 Å². The number of nitrogens with zero attached hydrogens (tertiary/aromatic N) is 1. The van der Waals surface area contributed by atoms with Gasteiger partial charge in [-0.25, -0.2) is 9.37 Å². The largest absolute Gasteiger partial charge is 0.301 e. The molecule has 6 heteroatoms. The number of nitrogens with one attached hydrogen (secondary N) is 1. The van der Waals surface area contributed by atoms with Gasteiger partial charge in [-0.05, 0) is 31.5 Å². The molecular weight excluding hydrogens is 291 g/mol. The van der Waals surface area contributed by atoms with Crippen LogP contribution >= 0.6 is 11.8 Å². The lowest BCUT2D eigenvalue weighted by molar-refractivity contribution is 0.101. The summed E-state index contributed by atoms with van der Waals surface area (Å²) in [5, 5.41) is 0.403. The summed E-state index contributed by atoms with van der Waals surface area (Å²) in [4.78, 5) is 30.7. The normalized spacial score (nSPS) is 10.6. The predicted octanol–water partition coefficient (Wildman–Crippen LogP) is 3.22. The number of aryl methyl sites for hydroxylation is 1. The molecule has 0 saturated carbocycles. The Kier molecular flexibility index (Phi) is 4.90. The maximum atomic E-state index is 13.2. The van der Waals surface area contributed by atoms with E-state index >= 15 is 0 Å². The molecule has 110 valence electrons. The molecule has 1 N–H and O–H groups in total. The number of carbonyl (C=O) groups is 1. The average molecular weight is 306 g/mol. The number of H-pyrrole nitrogens is 1. The molecule has 0 spiro atoms. The SMILES string of the molecule is CCCc1cc(=O)[nH]c(Sc2ccc(F)cc2C(C)=O)n1. The van der Waals surface area contributed by atoms with Crippen LogP contribution in [0.2, 0.25) is 0 Å². The van der Waals surface area contributed by atoms with Gasteiger partial charge in [-0.1, -0.05) is 25.1 Å².